The Hall–Kier alpha value is -2.09. The summed E-state index contributed by atoms with van der Waals surface area (Å²) in [6, 6.07) is 11.4. The molecule has 21 heavy (non-hydrogen) atoms. The molecule has 1 amide bonds. The number of hydrogen-bond acceptors (Lipinski definition) is 3. The molecule has 0 aliphatic rings. The number of anilines is 1. The van der Waals surface area contributed by atoms with Crippen LogP contribution in [0.1, 0.15) is 20.7 Å². The Bertz CT molecular complexity index is 700. The van der Waals surface area contributed by atoms with Crippen molar-refractivity contribution in [3.05, 3.63) is 57.2 Å². The molecule has 0 radical (unpaired) electrons. The quantitative estimate of drug-likeness (QED) is 0.777. The van der Waals surface area contributed by atoms with Gasteiger partial charge in [0.1, 0.15) is 5.75 Å². The summed E-state index contributed by atoms with van der Waals surface area (Å²) in [6.45, 7) is 0. The summed E-state index contributed by atoms with van der Waals surface area (Å²) in [5.41, 5.74) is 0.668. The van der Waals surface area contributed by atoms with Crippen molar-refractivity contribution in [2.24, 2.45) is 0 Å². The van der Waals surface area contributed by atoms with Gasteiger partial charge in [-0.2, -0.15) is 0 Å². The number of carbonyl (C=O) groups is 2. The second-order valence-corrected chi connectivity index (χ2v) is 5.43. The van der Waals surface area contributed by atoms with E-state index in [-0.39, 0.29) is 17.2 Å². The van der Waals surface area contributed by atoms with E-state index in [4.69, 9.17) is 9.84 Å². The molecule has 0 aliphatic carbocycles. The lowest BCUT2D eigenvalue weighted by atomic mass is 10.1. The molecule has 2 rings (SSSR count). The average molecular weight is 397 g/mol. The van der Waals surface area contributed by atoms with Gasteiger partial charge in [0, 0.05) is 15.2 Å². The lowest BCUT2D eigenvalue weighted by Gasteiger charge is -2.10. The fraction of sp³-hybridized carbons (Fsp3) is 0.0667. The summed E-state index contributed by atoms with van der Waals surface area (Å²) in [6.07, 6.45) is 0. The largest absolute Gasteiger partial charge is 0.497 e. The molecule has 0 aliphatic heterocycles. The van der Waals surface area contributed by atoms with Crippen molar-refractivity contribution in [3.8, 4) is 5.75 Å². The molecule has 108 valence electrons. The first-order valence-electron chi connectivity index (χ1n) is 5.99. The summed E-state index contributed by atoms with van der Waals surface area (Å²) in [5.74, 6) is -1.02. The van der Waals surface area contributed by atoms with Crippen LogP contribution in [-0.2, 0) is 0 Å². The topological polar surface area (TPSA) is 75.6 Å². The third-order valence-corrected chi connectivity index (χ3v) is 3.46. The second-order valence-electron chi connectivity index (χ2n) is 4.18. The molecule has 0 heterocycles. The Morgan fingerprint density at radius 2 is 1.95 bits per heavy atom. The van der Waals surface area contributed by atoms with E-state index in [0.717, 1.165) is 3.57 Å². The number of ether oxygens (including phenoxy) is 1. The van der Waals surface area contributed by atoms with Crippen LogP contribution in [0.5, 0.6) is 5.75 Å². The summed E-state index contributed by atoms with van der Waals surface area (Å²) in [4.78, 5) is 23.4. The highest BCUT2D eigenvalue weighted by atomic mass is 127. The van der Waals surface area contributed by atoms with Crippen LogP contribution in [0.15, 0.2) is 42.5 Å². The Balaban J connectivity index is 2.33. The maximum atomic E-state index is 12.2. The van der Waals surface area contributed by atoms with E-state index in [1.807, 2.05) is 6.07 Å². The third-order valence-electron chi connectivity index (χ3n) is 2.79. The maximum absolute atomic E-state index is 12.2. The van der Waals surface area contributed by atoms with Crippen molar-refractivity contribution in [1.29, 1.82) is 0 Å². The molecule has 6 heteroatoms. The van der Waals surface area contributed by atoms with Crippen LogP contribution in [0.2, 0.25) is 0 Å². The summed E-state index contributed by atoms with van der Waals surface area (Å²) in [5, 5.41) is 11.8. The number of methoxy groups -OCH3 is 1. The van der Waals surface area contributed by atoms with Gasteiger partial charge in [-0.1, -0.05) is 6.07 Å². The highest BCUT2D eigenvalue weighted by Crippen LogP contribution is 2.23. The highest BCUT2D eigenvalue weighted by Gasteiger charge is 2.14. The van der Waals surface area contributed by atoms with Gasteiger partial charge in [0.05, 0.1) is 18.4 Å². The minimum atomic E-state index is -1.12. The van der Waals surface area contributed by atoms with E-state index < -0.39 is 5.97 Å². The molecule has 5 nitrogen and oxygen atoms in total. The van der Waals surface area contributed by atoms with E-state index in [2.05, 4.69) is 27.9 Å². The number of carbonyl (C=O) groups excluding carboxylic acids is 1. The van der Waals surface area contributed by atoms with Gasteiger partial charge in [-0.15, -0.1) is 0 Å². The summed E-state index contributed by atoms with van der Waals surface area (Å²) in [7, 11) is 1.47. The van der Waals surface area contributed by atoms with Crippen molar-refractivity contribution in [2.75, 3.05) is 12.4 Å². The average Bonchev–Trinajstić information content (AvgIpc) is 2.46. The third kappa shape index (κ3) is 3.72. The summed E-state index contributed by atoms with van der Waals surface area (Å²) < 4.78 is 5.97. The van der Waals surface area contributed by atoms with Gasteiger partial charge in [0.25, 0.3) is 5.91 Å². The van der Waals surface area contributed by atoms with Crippen LogP contribution in [0.25, 0.3) is 0 Å². The van der Waals surface area contributed by atoms with Gasteiger partial charge in [0.2, 0.25) is 0 Å². The molecule has 2 aromatic carbocycles. The fourth-order valence-electron chi connectivity index (χ4n) is 1.76. The zero-order chi connectivity index (χ0) is 15.4. The van der Waals surface area contributed by atoms with Crippen molar-refractivity contribution < 1.29 is 19.4 Å². The number of nitrogens with one attached hydrogen (secondary N) is 1. The Labute approximate surface area is 135 Å². The van der Waals surface area contributed by atoms with Crippen LogP contribution < -0.4 is 10.1 Å². The number of hydrogen-bond donors (Lipinski definition) is 2. The molecule has 0 bridgehead atoms. The normalized spacial score (nSPS) is 10.0. The van der Waals surface area contributed by atoms with Crippen LogP contribution in [-0.4, -0.2) is 24.1 Å². The molecule has 0 fully saturated rings. The maximum Gasteiger partial charge on any atom is 0.337 e. The van der Waals surface area contributed by atoms with Gasteiger partial charge in [-0.25, -0.2) is 4.79 Å². The monoisotopic (exact) mass is 397 g/mol. The van der Waals surface area contributed by atoms with E-state index >= 15 is 0 Å². The number of aromatic carboxylic acids is 1. The van der Waals surface area contributed by atoms with Gasteiger partial charge < -0.3 is 15.2 Å². The standard InChI is InChI=1S/C15H12INO4/c1-21-11-5-6-12(15(19)20)13(8-11)17-14(18)9-3-2-4-10(16)7-9/h2-8H,1H3,(H,17,18)(H,19,20). The number of rotatable bonds is 4. The second kappa shape index (κ2) is 6.57. The molecule has 0 unspecified atom stereocenters. The molecule has 0 saturated carbocycles. The van der Waals surface area contributed by atoms with Gasteiger partial charge in [0.15, 0.2) is 0 Å². The SMILES string of the molecule is COc1ccc(C(=O)O)c(NC(=O)c2cccc(I)c2)c1. The molecule has 0 aromatic heterocycles. The van der Waals surface area contributed by atoms with Crippen LogP contribution in [0, 0.1) is 3.57 Å². The Kier molecular flexibility index (Phi) is 4.79. The molecule has 2 N–H and O–H groups in total. The number of halogens is 1. The van der Waals surface area contributed by atoms with Crippen LogP contribution in [0.3, 0.4) is 0 Å². The van der Waals surface area contributed by atoms with Crippen LogP contribution >= 0.6 is 22.6 Å². The van der Waals surface area contributed by atoms with Crippen molar-refractivity contribution in [2.45, 2.75) is 0 Å². The van der Waals surface area contributed by atoms with Crippen molar-refractivity contribution in [1.82, 2.24) is 0 Å². The van der Waals surface area contributed by atoms with E-state index in [1.54, 1.807) is 18.2 Å². The zero-order valence-electron chi connectivity index (χ0n) is 11.1. The highest BCUT2D eigenvalue weighted by molar-refractivity contribution is 14.1. The number of amides is 1. The molecule has 0 atom stereocenters. The molecular weight excluding hydrogens is 385 g/mol. The first-order valence-corrected chi connectivity index (χ1v) is 7.07. The van der Waals surface area contributed by atoms with E-state index in [1.165, 1.54) is 25.3 Å². The van der Waals surface area contributed by atoms with Crippen LogP contribution in [0.4, 0.5) is 5.69 Å². The minimum absolute atomic E-state index is 0.00905. The first kappa shape index (κ1) is 15.3. The Morgan fingerprint density at radius 1 is 1.19 bits per heavy atom. The molecular formula is C15H12INO4. The Morgan fingerprint density at radius 3 is 2.57 bits per heavy atom. The van der Waals surface area contributed by atoms with Gasteiger partial charge in [-0.05, 0) is 52.9 Å². The molecule has 2 aromatic rings. The minimum Gasteiger partial charge on any atom is -0.497 e. The van der Waals surface area contributed by atoms with Gasteiger partial charge in [-0.3, -0.25) is 4.79 Å². The summed E-state index contributed by atoms with van der Waals surface area (Å²) >= 11 is 2.10. The molecule has 0 spiro atoms. The number of carboxylic acid groups (broad SMARTS) is 1. The number of carboxylic acids is 1. The molecule has 0 saturated heterocycles. The predicted molar refractivity (Wildman–Crippen MR) is 87.1 cm³/mol. The van der Waals surface area contributed by atoms with Crippen molar-refractivity contribution >= 4 is 40.2 Å². The fourth-order valence-corrected chi connectivity index (χ4v) is 2.31. The van der Waals surface area contributed by atoms with Crippen molar-refractivity contribution in [3.63, 3.8) is 0 Å². The van der Waals surface area contributed by atoms with E-state index in [9.17, 15) is 9.59 Å². The predicted octanol–water partition coefficient (Wildman–Crippen LogP) is 3.25. The smallest absolute Gasteiger partial charge is 0.337 e. The lowest BCUT2D eigenvalue weighted by molar-refractivity contribution is 0.0698. The van der Waals surface area contributed by atoms with Gasteiger partial charge >= 0.3 is 5.97 Å². The van der Waals surface area contributed by atoms with E-state index in [0.29, 0.717) is 11.3 Å². The zero-order valence-corrected chi connectivity index (χ0v) is 13.2. The number of benzene rings is 2. The lowest BCUT2D eigenvalue weighted by Crippen LogP contribution is -2.15. The first-order chi connectivity index (χ1) is 10.0.